The maximum atomic E-state index is 12.4. The van der Waals surface area contributed by atoms with Crippen molar-refractivity contribution in [2.75, 3.05) is 5.32 Å². The summed E-state index contributed by atoms with van der Waals surface area (Å²) in [5, 5.41) is 3.16. The van der Waals surface area contributed by atoms with Crippen LogP contribution in [-0.4, -0.2) is 5.91 Å². The van der Waals surface area contributed by atoms with E-state index in [0.29, 0.717) is 12.3 Å². The fourth-order valence-electron chi connectivity index (χ4n) is 3.90. The Balaban J connectivity index is 2.03. The van der Waals surface area contributed by atoms with Gasteiger partial charge < -0.3 is 5.32 Å². The lowest BCUT2D eigenvalue weighted by Crippen LogP contribution is -2.14. The molecule has 0 spiro atoms. The normalized spacial score (nSPS) is 11.5. The van der Waals surface area contributed by atoms with Crippen LogP contribution in [-0.2, 0) is 4.79 Å². The molecule has 0 aliphatic carbocycles. The van der Waals surface area contributed by atoms with E-state index in [9.17, 15) is 4.79 Å². The van der Waals surface area contributed by atoms with Crippen molar-refractivity contribution in [1.29, 1.82) is 0 Å². The molecule has 1 aromatic rings. The molecule has 0 radical (unpaired) electrons. The molecule has 1 amide bonds. The van der Waals surface area contributed by atoms with Crippen LogP contribution in [0.2, 0.25) is 0 Å². The zero-order valence-electron chi connectivity index (χ0n) is 20.3. The molecule has 0 aliphatic heterocycles. The molecule has 1 N–H and O–H groups in total. The second-order valence-electron chi connectivity index (χ2n) is 9.08. The number of benzene rings is 1. The summed E-state index contributed by atoms with van der Waals surface area (Å²) in [5.74, 6) is 0.573. The average molecular weight is 414 g/mol. The van der Waals surface area contributed by atoms with Gasteiger partial charge in [0.25, 0.3) is 0 Å². The summed E-state index contributed by atoms with van der Waals surface area (Å²) in [6, 6.07) is 6.27. The molecule has 2 nitrogen and oxygen atoms in total. The monoisotopic (exact) mass is 413 g/mol. The fraction of sp³-hybridized carbons (Fsp3) is 0.679. The third-order valence-electron chi connectivity index (χ3n) is 5.86. The second kappa shape index (κ2) is 17.1. The predicted molar refractivity (Wildman–Crippen MR) is 133 cm³/mol. The van der Waals surface area contributed by atoms with Crippen molar-refractivity contribution in [3.63, 3.8) is 0 Å². The lowest BCUT2D eigenvalue weighted by Gasteiger charge is -2.16. The van der Waals surface area contributed by atoms with Gasteiger partial charge in [-0.15, -0.1) is 0 Å². The van der Waals surface area contributed by atoms with Crippen molar-refractivity contribution >= 4 is 11.6 Å². The Morgan fingerprint density at radius 1 is 0.867 bits per heavy atom. The molecule has 0 heterocycles. The summed E-state index contributed by atoms with van der Waals surface area (Å²) in [4.78, 5) is 12.4. The minimum absolute atomic E-state index is 0.156. The third-order valence-corrected chi connectivity index (χ3v) is 5.86. The molecule has 0 fully saturated rings. The van der Waals surface area contributed by atoms with E-state index in [0.717, 1.165) is 24.1 Å². The van der Waals surface area contributed by atoms with E-state index in [1.54, 1.807) is 0 Å². The van der Waals surface area contributed by atoms with Gasteiger partial charge in [0.15, 0.2) is 0 Å². The Morgan fingerprint density at radius 2 is 1.43 bits per heavy atom. The van der Waals surface area contributed by atoms with Gasteiger partial charge >= 0.3 is 0 Å². The topological polar surface area (TPSA) is 29.1 Å². The first-order chi connectivity index (χ1) is 14.6. The largest absolute Gasteiger partial charge is 0.326 e. The average Bonchev–Trinajstić information content (AvgIpc) is 2.72. The molecular formula is C28H47NO. The zero-order valence-corrected chi connectivity index (χ0v) is 20.3. The molecule has 30 heavy (non-hydrogen) atoms. The number of hydrogen-bond acceptors (Lipinski definition) is 1. The lowest BCUT2D eigenvalue weighted by molar-refractivity contribution is -0.116. The van der Waals surface area contributed by atoms with Gasteiger partial charge in [0.05, 0.1) is 0 Å². The Hall–Kier alpha value is -1.57. The molecule has 0 aliphatic rings. The molecule has 0 atom stereocenters. The number of carbonyl (C=O) groups excluding carboxylic acids is 1. The van der Waals surface area contributed by atoms with Crippen molar-refractivity contribution in [3.05, 3.63) is 41.5 Å². The van der Waals surface area contributed by atoms with Gasteiger partial charge in [0, 0.05) is 12.1 Å². The standard InChI is InChI=1S/C28H47NO/c1-5-6-7-8-9-10-11-12-13-14-15-16-17-18-19-23-27(30)29-28-25(4)21-20-22-26(28)24(2)3/h12-13,20-22,24H,5-11,14-19,23H2,1-4H3,(H,29,30)/b13-12-. The Labute approximate surface area is 186 Å². The first kappa shape index (κ1) is 26.5. The molecule has 0 aromatic heterocycles. The van der Waals surface area contributed by atoms with Crippen LogP contribution in [0.15, 0.2) is 30.4 Å². The molecule has 1 aromatic carbocycles. The van der Waals surface area contributed by atoms with Crippen LogP contribution >= 0.6 is 0 Å². The van der Waals surface area contributed by atoms with Gasteiger partial charge in [-0.3, -0.25) is 4.79 Å². The zero-order chi connectivity index (χ0) is 22.0. The first-order valence-corrected chi connectivity index (χ1v) is 12.6. The summed E-state index contributed by atoms with van der Waals surface area (Å²) < 4.78 is 0. The van der Waals surface area contributed by atoms with Gasteiger partial charge in [-0.05, 0) is 56.1 Å². The number of nitrogens with one attached hydrogen (secondary N) is 1. The Bertz CT molecular complexity index is 603. The SMILES string of the molecule is CCCCCCCC/C=C\CCCCCCCC(=O)Nc1c(C)cccc1C(C)C. The number of amides is 1. The van der Waals surface area contributed by atoms with Crippen LogP contribution in [0, 0.1) is 6.92 Å². The van der Waals surface area contributed by atoms with Crippen molar-refractivity contribution in [1.82, 2.24) is 0 Å². The van der Waals surface area contributed by atoms with Crippen molar-refractivity contribution < 1.29 is 4.79 Å². The Morgan fingerprint density at radius 3 is 2.03 bits per heavy atom. The van der Waals surface area contributed by atoms with Crippen molar-refractivity contribution in [2.45, 2.75) is 124 Å². The maximum Gasteiger partial charge on any atom is 0.224 e. The summed E-state index contributed by atoms with van der Waals surface area (Å²) in [7, 11) is 0. The van der Waals surface area contributed by atoms with E-state index in [1.165, 1.54) is 76.2 Å². The highest BCUT2D eigenvalue weighted by atomic mass is 16.1. The molecule has 1 rings (SSSR count). The lowest BCUT2D eigenvalue weighted by atomic mass is 9.98. The van der Waals surface area contributed by atoms with E-state index in [4.69, 9.17) is 0 Å². The number of hydrogen-bond donors (Lipinski definition) is 1. The van der Waals surface area contributed by atoms with Crippen molar-refractivity contribution in [3.8, 4) is 0 Å². The van der Waals surface area contributed by atoms with Gasteiger partial charge in [-0.1, -0.05) is 102 Å². The fourth-order valence-corrected chi connectivity index (χ4v) is 3.90. The van der Waals surface area contributed by atoms with Gasteiger partial charge in [0.1, 0.15) is 0 Å². The summed E-state index contributed by atoms with van der Waals surface area (Å²) in [6.07, 6.45) is 22.1. The summed E-state index contributed by atoms with van der Waals surface area (Å²) >= 11 is 0. The van der Waals surface area contributed by atoms with E-state index in [2.05, 4.69) is 63.4 Å². The summed E-state index contributed by atoms with van der Waals surface area (Å²) in [5.41, 5.74) is 3.40. The smallest absolute Gasteiger partial charge is 0.224 e. The molecule has 0 unspecified atom stereocenters. The van der Waals surface area contributed by atoms with Crippen LogP contribution in [0.5, 0.6) is 0 Å². The number of anilines is 1. The minimum atomic E-state index is 0.156. The highest BCUT2D eigenvalue weighted by molar-refractivity contribution is 5.92. The Kier molecular flexibility index (Phi) is 15.1. The van der Waals surface area contributed by atoms with E-state index in [-0.39, 0.29) is 5.91 Å². The van der Waals surface area contributed by atoms with E-state index in [1.807, 2.05) is 0 Å². The van der Waals surface area contributed by atoms with E-state index < -0.39 is 0 Å². The van der Waals surface area contributed by atoms with Gasteiger partial charge in [-0.2, -0.15) is 0 Å². The number of carbonyl (C=O) groups is 1. The van der Waals surface area contributed by atoms with Crippen molar-refractivity contribution in [2.24, 2.45) is 0 Å². The highest BCUT2D eigenvalue weighted by Crippen LogP contribution is 2.27. The van der Waals surface area contributed by atoms with Crippen LogP contribution in [0.3, 0.4) is 0 Å². The molecular weight excluding hydrogens is 366 g/mol. The molecule has 2 heteroatoms. The maximum absolute atomic E-state index is 12.4. The number of unbranched alkanes of at least 4 members (excludes halogenated alkanes) is 11. The quantitative estimate of drug-likeness (QED) is 0.200. The van der Waals surface area contributed by atoms with Gasteiger partial charge in [0.2, 0.25) is 5.91 Å². The summed E-state index contributed by atoms with van der Waals surface area (Å²) in [6.45, 7) is 8.69. The van der Waals surface area contributed by atoms with Crippen LogP contribution in [0.25, 0.3) is 0 Å². The highest BCUT2D eigenvalue weighted by Gasteiger charge is 2.11. The predicted octanol–water partition coefficient (Wildman–Crippen LogP) is 9.09. The van der Waals surface area contributed by atoms with Crippen LogP contribution in [0.4, 0.5) is 5.69 Å². The number of rotatable bonds is 17. The number of para-hydroxylation sites is 1. The van der Waals surface area contributed by atoms with E-state index >= 15 is 0 Å². The number of aryl methyl sites for hydroxylation is 1. The molecule has 0 saturated carbocycles. The molecule has 0 bridgehead atoms. The van der Waals surface area contributed by atoms with Gasteiger partial charge in [-0.25, -0.2) is 0 Å². The number of allylic oxidation sites excluding steroid dienone is 2. The third kappa shape index (κ3) is 12.2. The molecule has 170 valence electrons. The minimum Gasteiger partial charge on any atom is -0.326 e. The van der Waals surface area contributed by atoms with Crippen LogP contribution < -0.4 is 5.32 Å². The molecule has 0 saturated heterocycles. The second-order valence-corrected chi connectivity index (χ2v) is 9.08. The first-order valence-electron chi connectivity index (χ1n) is 12.6. The van der Waals surface area contributed by atoms with Crippen LogP contribution in [0.1, 0.15) is 128 Å².